The zero-order valence-corrected chi connectivity index (χ0v) is 12.5. The average Bonchev–Trinajstić information content (AvgIpc) is 2.36. The molecular formula is C13H26N2O5. The van der Waals surface area contributed by atoms with E-state index in [1.807, 2.05) is 13.8 Å². The lowest BCUT2D eigenvalue weighted by Crippen LogP contribution is -2.46. The van der Waals surface area contributed by atoms with E-state index in [9.17, 15) is 9.59 Å². The summed E-state index contributed by atoms with van der Waals surface area (Å²) in [7, 11) is 1.60. The third kappa shape index (κ3) is 10.6. The first-order valence-electron chi connectivity index (χ1n) is 6.81. The Morgan fingerprint density at radius 1 is 1.20 bits per heavy atom. The molecule has 0 heterocycles. The maximum absolute atomic E-state index is 11.5. The summed E-state index contributed by atoms with van der Waals surface area (Å²) >= 11 is 0. The van der Waals surface area contributed by atoms with Gasteiger partial charge in [0.1, 0.15) is 6.04 Å². The first-order valence-corrected chi connectivity index (χ1v) is 6.81. The minimum Gasteiger partial charge on any atom is -0.480 e. The van der Waals surface area contributed by atoms with E-state index in [1.54, 1.807) is 7.11 Å². The molecule has 118 valence electrons. The quantitative estimate of drug-likeness (QED) is 0.490. The lowest BCUT2D eigenvalue weighted by Gasteiger charge is -2.16. The highest BCUT2D eigenvalue weighted by Crippen LogP contribution is 2.04. The molecule has 1 atom stereocenters. The van der Waals surface area contributed by atoms with Crippen LogP contribution in [0.4, 0.5) is 4.79 Å². The van der Waals surface area contributed by atoms with Gasteiger partial charge in [0.05, 0.1) is 13.2 Å². The molecule has 0 aliphatic rings. The number of hydrogen-bond acceptors (Lipinski definition) is 4. The Morgan fingerprint density at radius 2 is 1.90 bits per heavy atom. The molecule has 2 amide bonds. The zero-order valence-electron chi connectivity index (χ0n) is 12.5. The highest BCUT2D eigenvalue weighted by molar-refractivity contribution is 5.82. The van der Waals surface area contributed by atoms with Crippen molar-refractivity contribution in [3.05, 3.63) is 0 Å². The summed E-state index contributed by atoms with van der Waals surface area (Å²) in [5.41, 5.74) is 0. The fourth-order valence-electron chi connectivity index (χ4n) is 1.52. The number of aliphatic carboxylic acids is 1. The Hall–Kier alpha value is -1.34. The summed E-state index contributed by atoms with van der Waals surface area (Å²) in [6, 6.07) is -1.32. The number of carbonyl (C=O) groups is 2. The summed E-state index contributed by atoms with van der Waals surface area (Å²) in [5.74, 6) is -0.817. The molecule has 0 aromatic rings. The van der Waals surface area contributed by atoms with Gasteiger partial charge in [-0.3, -0.25) is 0 Å². The van der Waals surface area contributed by atoms with Crippen molar-refractivity contribution in [2.75, 3.05) is 33.5 Å². The fourth-order valence-corrected chi connectivity index (χ4v) is 1.52. The predicted octanol–water partition coefficient (Wildman–Crippen LogP) is 0.838. The molecule has 3 N–H and O–H groups in total. The number of methoxy groups -OCH3 is 1. The molecule has 0 fully saturated rings. The molecule has 20 heavy (non-hydrogen) atoms. The predicted molar refractivity (Wildman–Crippen MR) is 74.7 cm³/mol. The van der Waals surface area contributed by atoms with Crippen molar-refractivity contribution in [3.63, 3.8) is 0 Å². The van der Waals surface area contributed by atoms with Gasteiger partial charge in [0, 0.05) is 20.3 Å². The van der Waals surface area contributed by atoms with Crippen LogP contribution in [0.25, 0.3) is 0 Å². The largest absolute Gasteiger partial charge is 0.480 e. The molecule has 0 rings (SSSR count). The molecule has 7 nitrogen and oxygen atoms in total. The molecular weight excluding hydrogens is 264 g/mol. The molecule has 7 heteroatoms. The van der Waals surface area contributed by atoms with Crippen LogP contribution in [0.2, 0.25) is 0 Å². The van der Waals surface area contributed by atoms with Crippen molar-refractivity contribution < 1.29 is 24.2 Å². The highest BCUT2D eigenvalue weighted by atomic mass is 16.5. The second-order valence-electron chi connectivity index (χ2n) is 4.88. The van der Waals surface area contributed by atoms with Crippen LogP contribution in [0.3, 0.4) is 0 Å². The maximum atomic E-state index is 11.5. The van der Waals surface area contributed by atoms with E-state index in [-0.39, 0.29) is 5.92 Å². The van der Waals surface area contributed by atoms with Gasteiger partial charge in [-0.25, -0.2) is 9.59 Å². The van der Waals surface area contributed by atoms with Crippen LogP contribution < -0.4 is 10.6 Å². The second kappa shape index (κ2) is 11.5. The Kier molecular flexibility index (Phi) is 10.7. The zero-order chi connectivity index (χ0) is 15.4. The topological polar surface area (TPSA) is 96.9 Å². The average molecular weight is 290 g/mol. The van der Waals surface area contributed by atoms with Crippen LogP contribution in [-0.2, 0) is 14.3 Å². The minimum atomic E-state index is -1.02. The van der Waals surface area contributed by atoms with Crippen LogP contribution in [-0.4, -0.2) is 56.6 Å². The van der Waals surface area contributed by atoms with Crippen molar-refractivity contribution in [1.29, 1.82) is 0 Å². The summed E-state index contributed by atoms with van der Waals surface area (Å²) in [4.78, 5) is 22.5. The maximum Gasteiger partial charge on any atom is 0.326 e. The molecule has 0 aromatic heterocycles. The standard InChI is InChI=1S/C13H26N2O5/c1-10(2)9-11(12(16)17)15-13(18)14-5-4-6-20-8-7-19-3/h10-11H,4-9H2,1-3H3,(H,16,17)(H2,14,15,18). The van der Waals surface area contributed by atoms with E-state index in [0.29, 0.717) is 39.2 Å². The van der Waals surface area contributed by atoms with Crippen molar-refractivity contribution in [2.24, 2.45) is 5.92 Å². The SMILES string of the molecule is COCCOCCCNC(=O)NC(CC(C)C)C(=O)O. The summed E-state index contributed by atoms with van der Waals surface area (Å²) in [6.07, 6.45) is 1.07. The van der Waals surface area contributed by atoms with Gasteiger partial charge in [-0.15, -0.1) is 0 Å². The molecule has 0 aliphatic carbocycles. The Bertz CT molecular complexity index is 284. The third-order valence-electron chi connectivity index (χ3n) is 2.49. The van der Waals surface area contributed by atoms with Crippen LogP contribution in [0.1, 0.15) is 26.7 Å². The first kappa shape index (κ1) is 18.7. The number of carbonyl (C=O) groups excluding carboxylic acids is 1. The van der Waals surface area contributed by atoms with Gasteiger partial charge in [-0.1, -0.05) is 13.8 Å². The lowest BCUT2D eigenvalue weighted by molar-refractivity contribution is -0.139. The third-order valence-corrected chi connectivity index (χ3v) is 2.49. The van der Waals surface area contributed by atoms with Crippen LogP contribution in [0.15, 0.2) is 0 Å². The lowest BCUT2D eigenvalue weighted by atomic mass is 10.0. The van der Waals surface area contributed by atoms with Gasteiger partial charge in [0.2, 0.25) is 0 Å². The minimum absolute atomic E-state index is 0.200. The van der Waals surface area contributed by atoms with Crippen molar-refractivity contribution in [3.8, 4) is 0 Å². The van der Waals surface area contributed by atoms with Crippen LogP contribution in [0, 0.1) is 5.92 Å². The van der Waals surface area contributed by atoms with E-state index in [4.69, 9.17) is 14.6 Å². The summed E-state index contributed by atoms with van der Waals surface area (Å²) in [6.45, 7) is 5.85. The Morgan fingerprint density at radius 3 is 2.45 bits per heavy atom. The number of urea groups is 1. The molecule has 0 saturated carbocycles. The monoisotopic (exact) mass is 290 g/mol. The van der Waals surface area contributed by atoms with E-state index >= 15 is 0 Å². The summed E-state index contributed by atoms with van der Waals surface area (Å²) in [5, 5.41) is 14.0. The number of carboxylic acid groups (broad SMARTS) is 1. The molecule has 0 spiro atoms. The molecule has 1 unspecified atom stereocenters. The number of ether oxygens (including phenoxy) is 2. The molecule has 0 aliphatic heterocycles. The van der Waals surface area contributed by atoms with Crippen molar-refractivity contribution in [2.45, 2.75) is 32.7 Å². The first-order chi connectivity index (χ1) is 9.47. The number of amides is 2. The Balaban J connectivity index is 3.72. The van der Waals surface area contributed by atoms with Gasteiger partial charge in [-0.2, -0.15) is 0 Å². The van der Waals surface area contributed by atoms with E-state index in [1.165, 1.54) is 0 Å². The number of nitrogens with one attached hydrogen (secondary N) is 2. The van der Waals surface area contributed by atoms with Gasteiger partial charge in [-0.05, 0) is 18.8 Å². The van der Waals surface area contributed by atoms with Gasteiger partial charge in [0.15, 0.2) is 0 Å². The van der Waals surface area contributed by atoms with Gasteiger partial charge < -0.3 is 25.2 Å². The number of rotatable bonds is 11. The van der Waals surface area contributed by atoms with Crippen LogP contribution >= 0.6 is 0 Å². The van der Waals surface area contributed by atoms with E-state index in [2.05, 4.69) is 10.6 Å². The van der Waals surface area contributed by atoms with E-state index in [0.717, 1.165) is 0 Å². The second-order valence-corrected chi connectivity index (χ2v) is 4.88. The van der Waals surface area contributed by atoms with Gasteiger partial charge in [0.25, 0.3) is 0 Å². The van der Waals surface area contributed by atoms with Crippen molar-refractivity contribution in [1.82, 2.24) is 10.6 Å². The van der Waals surface area contributed by atoms with Crippen LogP contribution in [0.5, 0.6) is 0 Å². The normalized spacial score (nSPS) is 12.2. The highest BCUT2D eigenvalue weighted by Gasteiger charge is 2.20. The van der Waals surface area contributed by atoms with Gasteiger partial charge >= 0.3 is 12.0 Å². The summed E-state index contributed by atoms with van der Waals surface area (Å²) < 4.78 is 10.1. The number of hydrogen-bond donors (Lipinski definition) is 3. The van der Waals surface area contributed by atoms with E-state index < -0.39 is 18.0 Å². The Labute approximate surface area is 120 Å². The van der Waals surface area contributed by atoms with Crippen molar-refractivity contribution >= 4 is 12.0 Å². The smallest absolute Gasteiger partial charge is 0.326 e. The molecule has 0 bridgehead atoms. The number of carboxylic acids is 1. The fraction of sp³-hybridized carbons (Fsp3) is 0.846. The molecule has 0 saturated heterocycles. The molecule has 0 radical (unpaired) electrons. The molecule has 0 aromatic carbocycles.